The Kier molecular flexibility index (Phi) is 5.22. The molecule has 0 fully saturated rings. The van der Waals surface area contributed by atoms with Crippen LogP contribution in [0.25, 0.3) is 0 Å². The molecular weight excluding hydrogens is 228 g/mol. The van der Waals surface area contributed by atoms with Gasteiger partial charge >= 0.3 is 0 Å². The predicted octanol–water partition coefficient (Wildman–Crippen LogP) is 1.58. The molecule has 0 aliphatic carbocycles. The maximum Gasteiger partial charge on any atom is 0.256 e. The summed E-state index contributed by atoms with van der Waals surface area (Å²) in [7, 11) is 0. The molecule has 0 radical (unpaired) electrons. The Labute approximate surface area is 99.9 Å². The standard InChI is InChI=1S/C11H15ClN2O2/c1-2-14(6-3-7-15)11(16)9-8-13-5-4-10(9)12/h4-5,8,15H,2-3,6-7H2,1H3. The van der Waals surface area contributed by atoms with Crippen LogP contribution in [0.15, 0.2) is 18.5 Å². The zero-order valence-electron chi connectivity index (χ0n) is 9.19. The molecule has 0 aliphatic heterocycles. The second-order valence-electron chi connectivity index (χ2n) is 3.32. The van der Waals surface area contributed by atoms with Crippen LogP contribution in [0.4, 0.5) is 0 Å². The average Bonchev–Trinajstić information content (AvgIpc) is 2.30. The molecule has 1 aromatic rings. The van der Waals surface area contributed by atoms with Gasteiger partial charge in [0.15, 0.2) is 0 Å². The third-order valence-electron chi connectivity index (χ3n) is 2.25. The van der Waals surface area contributed by atoms with Crippen LogP contribution in [0, 0.1) is 0 Å². The number of rotatable bonds is 5. The van der Waals surface area contributed by atoms with Gasteiger partial charge in [-0.05, 0) is 19.4 Å². The Bertz CT molecular complexity index is 358. The third-order valence-corrected chi connectivity index (χ3v) is 2.58. The van der Waals surface area contributed by atoms with Crippen LogP contribution in [0.1, 0.15) is 23.7 Å². The molecule has 4 nitrogen and oxygen atoms in total. The molecule has 0 unspecified atom stereocenters. The monoisotopic (exact) mass is 242 g/mol. The van der Waals surface area contributed by atoms with Gasteiger partial charge in [-0.15, -0.1) is 0 Å². The molecule has 5 heteroatoms. The fraction of sp³-hybridized carbons (Fsp3) is 0.455. The van der Waals surface area contributed by atoms with Crippen LogP contribution in [0.3, 0.4) is 0 Å². The van der Waals surface area contributed by atoms with Crippen molar-refractivity contribution in [2.45, 2.75) is 13.3 Å². The summed E-state index contributed by atoms with van der Waals surface area (Å²) < 4.78 is 0. The summed E-state index contributed by atoms with van der Waals surface area (Å²) in [5.41, 5.74) is 0.406. The van der Waals surface area contributed by atoms with Gasteiger partial charge in [0.2, 0.25) is 0 Å². The van der Waals surface area contributed by atoms with E-state index in [0.717, 1.165) is 0 Å². The second-order valence-corrected chi connectivity index (χ2v) is 3.72. The number of hydrogen-bond donors (Lipinski definition) is 1. The van der Waals surface area contributed by atoms with E-state index in [1.165, 1.54) is 6.20 Å². The number of halogens is 1. The fourth-order valence-electron chi connectivity index (χ4n) is 1.37. The number of aliphatic hydroxyl groups is 1. The van der Waals surface area contributed by atoms with Gasteiger partial charge in [-0.1, -0.05) is 11.6 Å². The van der Waals surface area contributed by atoms with Gasteiger partial charge in [0.1, 0.15) is 0 Å². The highest BCUT2D eigenvalue weighted by Crippen LogP contribution is 2.15. The second kappa shape index (κ2) is 6.45. The van der Waals surface area contributed by atoms with E-state index in [0.29, 0.717) is 30.1 Å². The average molecular weight is 243 g/mol. The Hall–Kier alpha value is -1.13. The maximum atomic E-state index is 12.0. The van der Waals surface area contributed by atoms with Gasteiger partial charge in [0, 0.05) is 32.1 Å². The van der Waals surface area contributed by atoms with Gasteiger partial charge in [-0.3, -0.25) is 9.78 Å². The van der Waals surface area contributed by atoms with E-state index in [1.54, 1.807) is 17.2 Å². The molecule has 0 saturated heterocycles. The molecule has 1 aromatic heterocycles. The Morgan fingerprint density at radius 3 is 2.94 bits per heavy atom. The number of pyridine rings is 1. The summed E-state index contributed by atoms with van der Waals surface area (Å²) >= 11 is 5.92. The highest BCUT2D eigenvalue weighted by molar-refractivity contribution is 6.33. The van der Waals surface area contributed by atoms with E-state index in [9.17, 15) is 4.79 Å². The number of amides is 1. The minimum Gasteiger partial charge on any atom is -0.396 e. The summed E-state index contributed by atoms with van der Waals surface area (Å²) in [6.07, 6.45) is 3.58. The lowest BCUT2D eigenvalue weighted by Crippen LogP contribution is -2.32. The van der Waals surface area contributed by atoms with Crippen molar-refractivity contribution in [1.29, 1.82) is 0 Å². The number of carbonyl (C=O) groups excluding carboxylic acids is 1. The minimum atomic E-state index is -0.144. The molecule has 0 spiro atoms. The topological polar surface area (TPSA) is 53.4 Å². The van der Waals surface area contributed by atoms with Crippen LogP contribution in [-0.2, 0) is 0 Å². The first kappa shape index (κ1) is 12.9. The maximum absolute atomic E-state index is 12.0. The first-order valence-electron chi connectivity index (χ1n) is 5.20. The van der Waals surface area contributed by atoms with Crippen LogP contribution in [0.2, 0.25) is 5.02 Å². The lowest BCUT2D eigenvalue weighted by Gasteiger charge is -2.20. The number of aromatic nitrogens is 1. The van der Waals surface area contributed by atoms with Crippen LogP contribution in [0.5, 0.6) is 0 Å². The minimum absolute atomic E-state index is 0.0740. The molecule has 16 heavy (non-hydrogen) atoms. The molecule has 88 valence electrons. The Balaban J connectivity index is 2.79. The van der Waals surface area contributed by atoms with Crippen molar-refractivity contribution in [2.24, 2.45) is 0 Å². The lowest BCUT2D eigenvalue weighted by molar-refractivity contribution is 0.0754. The largest absolute Gasteiger partial charge is 0.396 e. The molecule has 0 aromatic carbocycles. The van der Waals surface area contributed by atoms with Crippen molar-refractivity contribution in [2.75, 3.05) is 19.7 Å². The summed E-state index contributed by atoms with van der Waals surface area (Å²) in [5, 5.41) is 9.15. The van der Waals surface area contributed by atoms with E-state index in [4.69, 9.17) is 16.7 Å². The van der Waals surface area contributed by atoms with Crippen LogP contribution in [-0.4, -0.2) is 40.6 Å². The first-order valence-corrected chi connectivity index (χ1v) is 5.58. The zero-order valence-corrected chi connectivity index (χ0v) is 9.94. The molecule has 1 rings (SSSR count). The Morgan fingerprint density at radius 1 is 1.62 bits per heavy atom. The van der Waals surface area contributed by atoms with Gasteiger partial charge in [0.05, 0.1) is 10.6 Å². The number of aliphatic hydroxyl groups excluding tert-OH is 1. The molecule has 0 bridgehead atoms. The summed E-state index contributed by atoms with van der Waals surface area (Å²) in [6.45, 7) is 3.07. The summed E-state index contributed by atoms with van der Waals surface area (Å²) in [4.78, 5) is 17.5. The van der Waals surface area contributed by atoms with Crippen molar-refractivity contribution >= 4 is 17.5 Å². The number of hydrogen-bond acceptors (Lipinski definition) is 3. The predicted molar refractivity (Wildman–Crippen MR) is 62.5 cm³/mol. The van der Waals surface area contributed by atoms with Crippen molar-refractivity contribution in [3.8, 4) is 0 Å². The fourth-order valence-corrected chi connectivity index (χ4v) is 1.56. The zero-order chi connectivity index (χ0) is 12.0. The molecule has 1 N–H and O–H groups in total. The van der Waals surface area contributed by atoms with E-state index >= 15 is 0 Å². The van der Waals surface area contributed by atoms with Gasteiger partial charge < -0.3 is 10.0 Å². The quantitative estimate of drug-likeness (QED) is 0.853. The highest BCUT2D eigenvalue weighted by atomic mass is 35.5. The van der Waals surface area contributed by atoms with Gasteiger partial charge in [-0.2, -0.15) is 0 Å². The Morgan fingerprint density at radius 2 is 2.38 bits per heavy atom. The number of nitrogens with zero attached hydrogens (tertiary/aromatic N) is 2. The van der Waals surface area contributed by atoms with Crippen molar-refractivity contribution in [3.05, 3.63) is 29.0 Å². The third kappa shape index (κ3) is 3.18. The molecule has 0 atom stereocenters. The highest BCUT2D eigenvalue weighted by Gasteiger charge is 2.16. The lowest BCUT2D eigenvalue weighted by atomic mass is 10.2. The summed E-state index contributed by atoms with van der Waals surface area (Å²) in [5.74, 6) is -0.144. The normalized spacial score (nSPS) is 10.2. The van der Waals surface area contributed by atoms with Gasteiger partial charge in [0.25, 0.3) is 5.91 Å². The molecular formula is C11H15ClN2O2. The smallest absolute Gasteiger partial charge is 0.256 e. The van der Waals surface area contributed by atoms with E-state index in [2.05, 4.69) is 4.98 Å². The van der Waals surface area contributed by atoms with Gasteiger partial charge in [-0.25, -0.2) is 0 Å². The number of carbonyl (C=O) groups is 1. The van der Waals surface area contributed by atoms with E-state index in [-0.39, 0.29) is 12.5 Å². The van der Waals surface area contributed by atoms with Crippen LogP contribution >= 0.6 is 11.6 Å². The SMILES string of the molecule is CCN(CCCO)C(=O)c1cnccc1Cl. The van der Waals surface area contributed by atoms with Crippen LogP contribution < -0.4 is 0 Å². The molecule has 1 heterocycles. The molecule has 0 saturated carbocycles. The first-order chi connectivity index (χ1) is 7.70. The van der Waals surface area contributed by atoms with Crippen molar-refractivity contribution in [3.63, 3.8) is 0 Å². The van der Waals surface area contributed by atoms with Crippen molar-refractivity contribution in [1.82, 2.24) is 9.88 Å². The molecule has 0 aliphatic rings. The van der Waals surface area contributed by atoms with E-state index in [1.807, 2.05) is 6.92 Å². The van der Waals surface area contributed by atoms with Crippen molar-refractivity contribution < 1.29 is 9.90 Å². The molecule has 1 amide bonds. The van der Waals surface area contributed by atoms with E-state index < -0.39 is 0 Å². The summed E-state index contributed by atoms with van der Waals surface area (Å²) in [6, 6.07) is 1.59.